The zero-order valence-electron chi connectivity index (χ0n) is 13.7. The molecule has 2 aromatic rings. The molecule has 25 heavy (non-hydrogen) atoms. The number of aryl methyl sites for hydroxylation is 1. The number of hydrogen-bond donors (Lipinski definition) is 1. The van der Waals surface area contributed by atoms with Gasteiger partial charge in [-0.2, -0.15) is 13.2 Å². The van der Waals surface area contributed by atoms with Crippen LogP contribution in [0.3, 0.4) is 0 Å². The van der Waals surface area contributed by atoms with Crippen molar-refractivity contribution in [3.63, 3.8) is 0 Å². The fourth-order valence-electron chi connectivity index (χ4n) is 2.94. The zero-order chi connectivity index (χ0) is 18.0. The van der Waals surface area contributed by atoms with Crippen molar-refractivity contribution in [3.05, 3.63) is 53.3 Å². The van der Waals surface area contributed by atoms with E-state index in [0.29, 0.717) is 11.9 Å². The molecule has 0 bridgehead atoms. The summed E-state index contributed by atoms with van der Waals surface area (Å²) in [6, 6.07) is 7.53. The summed E-state index contributed by atoms with van der Waals surface area (Å²) in [7, 11) is 0. The summed E-state index contributed by atoms with van der Waals surface area (Å²) >= 11 is 0. The molecule has 0 spiro atoms. The maximum Gasteiger partial charge on any atom is 0.417 e. The van der Waals surface area contributed by atoms with Crippen LogP contribution in [0.4, 0.5) is 24.5 Å². The van der Waals surface area contributed by atoms with Crippen LogP contribution >= 0.6 is 0 Å². The van der Waals surface area contributed by atoms with Crippen LogP contribution in [0.1, 0.15) is 34.5 Å². The average molecular weight is 349 g/mol. The Labute approximate surface area is 143 Å². The molecule has 3 rings (SSSR count). The molecule has 0 atom stereocenters. The van der Waals surface area contributed by atoms with Gasteiger partial charge in [0.15, 0.2) is 0 Å². The number of hydrogen-bond acceptors (Lipinski definition) is 3. The first-order valence-electron chi connectivity index (χ1n) is 8.05. The van der Waals surface area contributed by atoms with Gasteiger partial charge in [-0.05, 0) is 55.7 Å². The van der Waals surface area contributed by atoms with Gasteiger partial charge in [-0.25, -0.2) is 0 Å². The number of pyridine rings is 1. The monoisotopic (exact) mass is 349 g/mol. The molecule has 7 heteroatoms. The highest BCUT2D eigenvalue weighted by Crippen LogP contribution is 2.29. The minimum atomic E-state index is -4.47. The summed E-state index contributed by atoms with van der Waals surface area (Å²) < 4.78 is 37.6. The fraction of sp³-hybridized carbons (Fsp3) is 0.333. The third-order valence-electron chi connectivity index (χ3n) is 4.22. The molecule has 1 aliphatic rings. The molecular formula is C18H18F3N3O. The second-order valence-corrected chi connectivity index (χ2v) is 6.08. The summed E-state index contributed by atoms with van der Waals surface area (Å²) in [5.41, 5.74) is 1.83. The van der Waals surface area contributed by atoms with Crippen molar-refractivity contribution < 1.29 is 18.0 Å². The minimum Gasteiger partial charge on any atom is -0.371 e. The smallest absolute Gasteiger partial charge is 0.371 e. The number of nitrogens with one attached hydrogen (secondary N) is 1. The lowest BCUT2D eigenvalue weighted by Gasteiger charge is -2.20. The molecule has 0 saturated carbocycles. The van der Waals surface area contributed by atoms with E-state index < -0.39 is 17.6 Å². The van der Waals surface area contributed by atoms with E-state index in [0.717, 1.165) is 36.5 Å². The minimum absolute atomic E-state index is 0.0609. The standard InChI is InChI=1S/C18H18F3N3O/c1-12-10-14(5-7-16(12)24-8-2-3-9-24)23-17(25)15-6-4-13(11-22-15)18(19,20)21/h4-7,10-11H,2-3,8-9H2,1H3,(H,23,25). The predicted molar refractivity (Wildman–Crippen MR) is 89.8 cm³/mol. The Hall–Kier alpha value is -2.57. The van der Waals surface area contributed by atoms with E-state index in [1.54, 1.807) is 6.07 Å². The maximum absolute atomic E-state index is 12.5. The first kappa shape index (κ1) is 17.3. The number of benzene rings is 1. The molecule has 0 unspecified atom stereocenters. The number of carbonyl (C=O) groups is 1. The summed E-state index contributed by atoms with van der Waals surface area (Å²) in [6.07, 6.45) is -1.45. The van der Waals surface area contributed by atoms with Crippen LogP contribution in [0.5, 0.6) is 0 Å². The molecule has 0 radical (unpaired) electrons. The lowest BCUT2D eigenvalue weighted by Crippen LogP contribution is -2.19. The van der Waals surface area contributed by atoms with Gasteiger partial charge < -0.3 is 10.2 Å². The SMILES string of the molecule is Cc1cc(NC(=O)c2ccc(C(F)(F)F)cn2)ccc1N1CCCC1. The first-order valence-corrected chi connectivity index (χ1v) is 8.05. The molecule has 1 aromatic carbocycles. The number of carbonyl (C=O) groups excluding carboxylic acids is 1. The Balaban J connectivity index is 1.71. The highest BCUT2D eigenvalue weighted by atomic mass is 19.4. The van der Waals surface area contributed by atoms with Crippen molar-refractivity contribution in [2.45, 2.75) is 25.9 Å². The van der Waals surface area contributed by atoms with Crippen LogP contribution in [0.25, 0.3) is 0 Å². The van der Waals surface area contributed by atoms with Gasteiger partial charge in [-0.15, -0.1) is 0 Å². The maximum atomic E-state index is 12.5. The summed E-state index contributed by atoms with van der Waals surface area (Å²) in [5.74, 6) is -0.540. The molecule has 4 nitrogen and oxygen atoms in total. The summed E-state index contributed by atoms with van der Waals surface area (Å²) in [4.78, 5) is 18.1. The van der Waals surface area contributed by atoms with Crippen LogP contribution in [0.15, 0.2) is 36.5 Å². The number of alkyl halides is 3. The third kappa shape index (κ3) is 3.92. The highest BCUT2D eigenvalue weighted by Gasteiger charge is 2.30. The molecular weight excluding hydrogens is 331 g/mol. The van der Waals surface area contributed by atoms with Gasteiger partial charge in [0, 0.05) is 30.7 Å². The van der Waals surface area contributed by atoms with E-state index in [1.807, 2.05) is 19.1 Å². The van der Waals surface area contributed by atoms with Crippen LogP contribution < -0.4 is 10.2 Å². The molecule has 1 aliphatic heterocycles. The molecule has 1 fully saturated rings. The molecule has 1 amide bonds. The van der Waals surface area contributed by atoms with Crippen LogP contribution in [-0.4, -0.2) is 24.0 Å². The number of halogens is 3. The average Bonchev–Trinajstić information content (AvgIpc) is 3.08. The van der Waals surface area contributed by atoms with E-state index >= 15 is 0 Å². The number of amides is 1. The van der Waals surface area contributed by atoms with E-state index in [4.69, 9.17) is 0 Å². The van der Waals surface area contributed by atoms with E-state index in [-0.39, 0.29) is 5.69 Å². The second kappa shape index (κ2) is 6.74. The number of anilines is 2. The Bertz CT molecular complexity index is 766. The van der Waals surface area contributed by atoms with Crippen molar-refractivity contribution >= 4 is 17.3 Å². The molecule has 0 aliphatic carbocycles. The topological polar surface area (TPSA) is 45.2 Å². The Morgan fingerprint density at radius 1 is 1.16 bits per heavy atom. The van der Waals surface area contributed by atoms with Crippen molar-refractivity contribution in [1.29, 1.82) is 0 Å². The Morgan fingerprint density at radius 2 is 1.88 bits per heavy atom. The van der Waals surface area contributed by atoms with E-state index in [9.17, 15) is 18.0 Å². The zero-order valence-corrected chi connectivity index (χ0v) is 13.7. The number of nitrogens with zero attached hydrogens (tertiary/aromatic N) is 2. The van der Waals surface area contributed by atoms with Crippen LogP contribution in [0.2, 0.25) is 0 Å². The number of aromatic nitrogens is 1. The van der Waals surface area contributed by atoms with E-state index in [1.165, 1.54) is 12.8 Å². The van der Waals surface area contributed by atoms with Gasteiger partial charge in [0.2, 0.25) is 0 Å². The lowest BCUT2D eigenvalue weighted by molar-refractivity contribution is -0.137. The Kier molecular flexibility index (Phi) is 4.65. The first-order chi connectivity index (χ1) is 11.8. The molecule has 1 N–H and O–H groups in total. The quantitative estimate of drug-likeness (QED) is 0.900. The summed E-state index contributed by atoms with van der Waals surface area (Å²) in [6.45, 7) is 4.03. The molecule has 2 heterocycles. The lowest BCUT2D eigenvalue weighted by atomic mass is 10.1. The van der Waals surface area contributed by atoms with Gasteiger partial charge in [0.05, 0.1) is 5.56 Å². The fourth-order valence-corrected chi connectivity index (χ4v) is 2.94. The van der Waals surface area contributed by atoms with Crippen LogP contribution in [-0.2, 0) is 6.18 Å². The van der Waals surface area contributed by atoms with Crippen molar-refractivity contribution in [3.8, 4) is 0 Å². The summed E-state index contributed by atoms with van der Waals surface area (Å²) in [5, 5.41) is 2.67. The van der Waals surface area contributed by atoms with Gasteiger partial charge in [-0.3, -0.25) is 9.78 Å². The third-order valence-corrected chi connectivity index (χ3v) is 4.22. The molecule has 1 aromatic heterocycles. The predicted octanol–water partition coefficient (Wildman–Crippen LogP) is 4.26. The highest BCUT2D eigenvalue weighted by molar-refractivity contribution is 6.03. The van der Waals surface area contributed by atoms with E-state index in [2.05, 4.69) is 15.2 Å². The number of rotatable bonds is 3. The largest absolute Gasteiger partial charge is 0.417 e. The van der Waals surface area contributed by atoms with Gasteiger partial charge in [0.25, 0.3) is 5.91 Å². The van der Waals surface area contributed by atoms with Crippen molar-refractivity contribution in [1.82, 2.24) is 4.98 Å². The van der Waals surface area contributed by atoms with Crippen molar-refractivity contribution in [2.75, 3.05) is 23.3 Å². The second-order valence-electron chi connectivity index (χ2n) is 6.08. The normalized spacial score (nSPS) is 14.6. The molecule has 132 valence electrons. The van der Waals surface area contributed by atoms with Gasteiger partial charge in [-0.1, -0.05) is 0 Å². The van der Waals surface area contributed by atoms with Gasteiger partial charge in [0.1, 0.15) is 5.69 Å². The molecule has 1 saturated heterocycles. The Morgan fingerprint density at radius 3 is 2.44 bits per heavy atom. The van der Waals surface area contributed by atoms with Crippen LogP contribution in [0, 0.1) is 6.92 Å². The van der Waals surface area contributed by atoms with Crippen molar-refractivity contribution in [2.24, 2.45) is 0 Å². The van der Waals surface area contributed by atoms with Gasteiger partial charge >= 0.3 is 6.18 Å².